The summed E-state index contributed by atoms with van der Waals surface area (Å²) < 4.78 is 7.52. The van der Waals surface area contributed by atoms with E-state index >= 15 is 0 Å². The van der Waals surface area contributed by atoms with Crippen LogP contribution in [0.4, 0.5) is 0 Å². The van der Waals surface area contributed by atoms with Crippen molar-refractivity contribution >= 4 is 11.9 Å². The zero-order chi connectivity index (χ0) is 27.0. The quantitative estimate of drug-likeness (QED) is 0.207. The number of rotatable bonds is 10. The molecule has 1 N–H and O–H groups in total. The normalized spacial score (nSPS) is 12.4. The summed E-state index contributed by atoms with van der Waals surface area (Å²) in [4.78, 5) is 29.7. The molecule has 0 aliphatic heterocycles. The highest BCUT2D eigenvalue weighted by molar-refractivity contribution is 5.81. The largest absolute Gasteiger partial charge is 0.481 e. The molecule has 4 aromatic carbocycles. The number of nitrogens with zero attached hydrogens (tertiary/aromatic N) is 2. The van der Waals surface area contributed by atoms with Crippen molar-refractivity contribution in [3.63, 3.8) is 0 Å². The van der Waals surface area contributed by atoms with Gasteiger partial charge < -0.3 is 14.4 Å². The maximum atomic E-state index is 13.5. The number of carboxylic acid groups (broad SMARTS) is 1. The number of benzene rings is 4. The van der Waals surface area contributed by atoms with Crippen LogP contribution in [0, 0.1) is 0 Å². The Kier molecular flexibility index (Phi) is 7.93. The fraction of sp³-hybridized carbons (Fsp3) is 0.121. The average Bonchev–Trinajstić information content (AvgIpc) is 3.47. The summed E-state index contributed by atoms with van der Waals surface area (Å²) in [5, 5.41) is 9.60. The lowest BCUT2D eigenvalue weighted by molar-refractivity contribution is -0.157. The number of hydrogen-bond donors (Lipinski definition) is 1. The van der Waals surface area contributed by atoms with Gasteiger partial charge in [0.05, 0.1) is 18.4 Å². The van der Waals surface area contributed by atoms with Crippen LogP contribution in [0.2, 0.25) is 0 Å². The molecule has 0 spiro atoms. The summed E-state index contributed by atoms with van der Waals surface area (Å²) in [7, 11) is 0. The first-order valence-electron chi connectivity index (χ1n) is 12.8. The summed E-state index contributed by atoms with van der Waals surface area (Å²) in [6.07, 6.45) is 2.67. The van der Waals surface area contributed by atoms with Crippen LogP contribution in [0.15, 0.2) is 128 Å². The Balaban J connectivity index is 1.38. The SMILES string of the molecule is O=C(O)CC(C(=O)OC(Cc1ccccc1)c1ccccc1)n1cnc(-c2ccc(-c3ccccc3)cc2)c1. The monoisotopic (exact) mass is 516 g/mol. The molecular formula is C33H28N2O4. The van der Waals surface area contributed by atoms with Gasteiger partial charge in [0.15, 0.2) is 0 Å². The van der Waals surface area contributed by atoms with Crippen LogP contribution in [-0.2, 0) is 20.7 Å². The van der Waals surface area contributed by atoms with Crippen LogP contribution in [0.25, 0.3) is 22.4 Å². The Labute approximate surface area is 227 Å². The molecule has 194 valence electrons. The van der Waals surface area contributed by atoms with Crippen LogP contribution < -0.4 is 0 Å². The molecule has 6 heteroatoms. The molecule has 5 rings (SSSR count). The highest BCUT2D eigenvalue weighted by Gasteiger charge is 2.29. The fourth-order valence-corrected chi connectivity index (χ4v) is 4.54. The summed E-state index contributed by atoms with van der Waals surface area (Å²) in [6, 6.07) is 36.2. The zero-order valence-electron chi connectivity index (χ0n) is 21.3. The molecule has 0 aliphatic carbocycles. The molecule has 0 aliphatic rings. The van der Waals surface area contributed by atoms with Crippen LogP contribution in [0.1, 0.15) is 29.7 Å². The van der Waals surface area contributed by atoms with Gasteiger partial charge >= 0.3 is 11.9 Å². The van der Waals surface area contributed by atoms with Crippen molar-refractivity contribution in [2.24, 2.45) is 0 Å². The van der Waals surface area contributed by atoms with E-state index in [0.717, 1.165) is 27.8 Å². The molecule has 39 heavy (non-hydrogen) atoms. The minimum atomic E-state index is -1.10. The summed E-state index contributed by atoms with van der Waals surface area (Å²) in [6.45, 7) is 0. The predicted molar refractivity (Wildman–Crippen MR) is 150 cm³/mol. The van der Waals surface area contributed by atoms with Crippen molar-refractivity contribution in [3.8, 4) is 22.4 Å². The highest BCUT2D eigenvalue weighted by atomic mass is 16.5. The molecule has 6 nitrogen and oxygen atoms in total. The van der Waals surface area contributed by atoms with Gasteiger partial charge in [0.2, 0.25) is 0 Å². The molecular weight excluding hydrogens is 488 g/mol. The Morgan fingerprint density at radius 2 is 1.31 bits per heavy atom. The first-order valence-corrected chi connectivity index (χ1v) is 12.8. The first kappa shape index (κ1) is 25.7. The summed E-state index contributed by atoms with van der Waals surface area (Å²) in [5.74, 6) is -1.72. The van der Waals surface area contributed by atoms with Gasteiger partial charge in [-0.1, -0.05) is 115 Å². The Hall–Kier alpha value is -4.97. The van der Waals surface area contributed by atoms with E-state index in [4.69, 9.17) is 4.74 Å². The molecule has 2 atom stereocenters. The topological polar surface area (TPSA) is 81.4 Å². The lowest BCUT2D eigenvalue weighted by Crippen LogP contribution is -2.26. The van der Waals surface area contributed by atoms with E-state index in [1.54, 1.807) is 6.20 Å². The Bertz CT molecular complexity index is 1510. The molecule has 0 saturated heterocycles. The molecule has 2 unspecified atom stereocenters. The second-order valence-electron chi connectivity index (χ2n) is 9.29. The van der Waals surface area contributed by atoms with Gasteiger partial charge in [-0.2, -0.15) is 0 Å². The van der Waals surface area contributed by atoms with Crippen LogP contribution in [-0.4, -0.2) is 26.6 Å². The molecule has 5 aromatic rings. The smallest absolute Gasteiger partial charge is 0.330 e. The molecule has 0 fully saturated rings. The number of aliphatic carboxylic acids is 1. The molecule has 1 aromatic heterocycles. The third kappa shape index (κ3) is 6.48. The summed E-state index contributed by atoms with van der Waals surface area (Å²) in [5.41, 5.74) is 5.55. The second kappa shape index (κ2) is 12.0. The Morgan fingerprint density at radius 1 is 0.744 bits per heavy atom. The van der Waals surface area contributed by atoms with Crippen molar-refractivity contribution in [1.29, 1.82) is 0 Å². The van der Waals surface area contributed by atoms with Crippen LogP contribution in [0.3, 0.4) is 0 Å². The van der Waals surface area contributed by atoms with E-state index in [-0.39, 0.29) is 0 Å². The minimum Gasteiger partial charge on any atom is -0.481 e. The summed E-state index contributed by atoms with van der Waals surface area (Å²) >= 11 is 0. The van der Waals surface area contributed by atoms with Gasteiger partial charge in [-0.05, 0) is 22.3 Å². The minimum absolute atomic E-state index is 0.422. The van der Waals surface area contributed by atoms with Crippen molar-refractivity contribution < 1.29 is 19.4 Å². The Morgan fingerprint density at radius 3 is 1.95 bits per heavy atom. The van der Waals surface area contributed by atoms with Crippen molar-refractivity contribution in [2.45, 2.75) is 25.0 Å². The van der Waals surface area contributed by atoms with Crippen molar-refractivity contribution in [1.82, 2.24) is 9.55 Å². The van der Waals surface area contributed by atoms with E-state index in [2.05, 4.69) is 4.98 Å². The number of ether oxygens (including phenoxy) is 1. The molecule has 0 radical (unpaired) electrons. The standard InChI is InChI=1S/C33H28N2O4/c36-32(37)21-30(33(38)39-31(28-14-8-3-9-15-28)20-24-10-4-1-5-11-24)35-22-29(34-23-35)27-18-16-26(17-19-27)25-12-6-2-7-13-25/h1-19,22-23,30-31H,20-21H2,(H,36,37). The van der Waals surface area contributed by atoms with E-state index in [1.165, 1.54) is 10.9 Å². The number of hydrogen-bond acceptors (Lipinski definition) is 4. The van der Waals surface area contributed by atoms with Gasteiger partial charge in [-0.25, -0.2) is 9.78 Å². The van der Waals surface area contributed by atoms with Crippen LogP contribution >= 0.6 is 0 Å². The van der Waals surface area contributed by atoms with Crippen LogP contribution in [0.5, 0.6) is 0 Å². The number of carboxylic acids is 1. The predicted octanol–water partition coefficient (Wildman–Crippen LogP) is 6.76. The van der Waals surface area contributed by atoms with Gasteiger partial charge in [0, 0.05) is 18.2 Å². The van der Waals surface area contributed by atoms with Crippen molar-refractivity contribution in [2.75, 3.05) is 0 Å². The molecule has 0 saturated carbocycles. The number of imidazole rings is 1. The lowest BCUT2D eigenvalue weighted by Gasteiger charge is -2.22. The first-order chi connectivity index (χ1) is 19.1. The van der Waals surface area contributed by atoms with Gasteiger partial charge in [0.25, 0.3) is 0 Å². The number of carbonyl (C=O) groups excluding carboxylic acids is 1. The van der Waals surface area contributed by atoms with Gasteiger partial charge in [-0.3, -0.25) is 4.79 Å². The van der Waals surface area contributed by atoms with Gasteiger partial charge in [0.1, 0.15) is 12.1 Å². The average molecular weight is 517 g/mol. The van der Waals surface area contributed by atoms with E-state index in [9.17, 15) is 14.7 Å². The zero-order valence-corrected chi connectivity index (χ0v) is 21.3. The highest BCUT2D eigenvalue weighted by Crippen LogP contribution is 2.28. The van der Waals surface area contributed by atoms with Crippen molar-refractivity contribution in [3.05, 3.63) is 139 Å². The van der Waals surface area contributed by atoms with Gasteiger partial charge in [-0.15, -0.1) is 0 Å². The third-order valence-corrected chi connectivity index (χ3v) is 6.58. The molecule has 0 amide bonds. The van der Waals surface area contributed by atoms with E-state index < -0.39 is 30.5 Å². The lowest BCUT2D eigenvalue weighted by atomic mass is 10.0. The maximum absolute atomic E-state index is 13.5. The maximum Gasteiger partial charge on any atom is 0.330 e. The number of carbonyl (C=O) groups is 2. The molecule has 1 heterocycles. The van der Waals surface area contributed by atoms with E-state index in [0.29, 0.717) is 12.1 Å². The fourth-order valence-electron chi connectivity index (χ4n) is 4.54. The van der Waals surface area contributed by atoms with E-state index in [1.807, 2.05) is 115 Å². The number of esters is 1. The molecule has 0 bridgehead atoms. The third-order valence-electron chi connectivity index (χ3n) is 6.58. The second-order valence-corrected chi connectivity index (χ2v) is 9.29. The number of aromatic nitrogens is 2.